The molecule has 1 fully saturated rings. The average Bonchev–Trinajstić information content (AvgIpc) is 3.19. The van der Waals surface area contributed by atoms with Crippen molar-refractivity contribution in [1.82, 2.24) is 34.5 Å². The van der Waals surface area contributed by atoms with Gasteiger partial charge in [0.25, 0.3) is 5.56 Å². The highest BCUT2D eigenvalue weighted by Crippen LogP contribution is 2.22. The minimum Gasteiger partial charge on any atom is -0.384 e. The molecule has 39 heavy (non-hydrogen) atoms. The number of carbonyl (C=O) groups is 1. The van der Waals surface area contributed by atoms with Gasteiger partial charge in [0, 0.05) is 31.9 Å². The molecular weight excluding hydrogens is 500 g/mol. The molecule has 210 valence electrons. The molecule has 0 aromatic carbocycles. The largest absolute Gasteiger partial charge is 0.384 e. The third-order valence-electron chi connectivity index (χ3n) is 6.69. The van der Waals surface area contributed by atoms with Gasteiger partial charge in [-0.3, -0.25) is 9.59 Å². The van der Waals surface area contributed by atoms with Crippen molar-refractivity contribution in [2.75, 3.05) is 45.2 Å². The molecule has 1 amide bonds. The van der Waals surface area contributed by atoms with Crippen LogP contribution >= 0.6 is 0 Å². The number of anilines is 1. The summed E-state index contributed by atoms with van der Waals surface area (Å²) in [6.07, 6.45) is 5.05. The molecular formula is C27H38N8O4. The third kappa shape index (κ3) is 6.70. The molecule has 0 bridgehead atoms. The van der Waals surface area contributed by atoms with E-state index in [9.17, 15) is 14.7 Å². The molecule has 3 N–H and O–H groups in total. The van der Waals surface area contributed by atoms with Crippen LogP contribution in [0.4, 0.5) is 5.95 Å². The van der Waals surface area contributed by atoms with Gasteiger partial charge in [0.05, 0.1) is 31.9 Å². The molecule has 0 spiro atoms. The zero-order chi connectivity index (χ0) is 28.0. The van der Waals surface area contributed by atoms with E-state index in [0.29, 0.717) is 61.2 Å². The van der Waals surface area contributed by atoms with Gasteiger partial charge in [-0.1, -0.05) is 12.1 Å². The lowest BCUT2D eigenvalue weighted by molar-refractivity contribution is -0.133. The minimum absolute atomic E-state index is 0.0884. The first-order valence-corrected chi connectivity index (χ1v) is 13.3. The predicted molar refractivity (Wildman–Crippen MR) is 149 cm³/mol. The van der Waals surface area contributed by atoms with E-state index in [4.69, 9.17) is 9.72 Å². The molecule has 1 aliphatic rings. The zero-order valence-electron chi connectivity index (χ0n) is 22.9. The number of ether oxygens (including phenoxy) is 1. The number of nitrogens with one attached hydrogen (secondary N) is 2. The minimum atomic E-state index is -1.15. The first-order valence-electron chi connectivity index (χ1n) is 13.3. The Bertz CT molecular complexity index is 1350. The van der Waals surface area contributed by atoms with Crippen LogP contribution in [0.15, 0.2) is 41.8 Å². The molecule has 0 aliphatic carbocycles. The number of aromatic nitrogens is 5. The van der Waals surface area contributed by atoms with Crippen molar-refractivity contribution >= 4 is 22.9 Å². The highest BCUT2D eigenvalue weighted by atomic mass is 16.5. The lowest BCUT2D eigenvalue weighted by Gasteiger charge is -2.32. The molecule has 0 radical (unpaired) electrons. The van der Waals surface area contributed by atoms with Crippen molar-refractivity contribution in [1.29, 1.82) is 0 Å². The summed E-state index contributed by atoms with van der Waals surface area (Å²) in [5.74, 6) is 0.951. The SMILES string of the molecule is C=CCn1c(=O)c2cnc(NC3CCN(C(=O)CCOCCNC)CC3)nc2n1-c1cccc(C(C)(C)O)n1. The number of likely N-dealkylation sites (tertiary alicyclic amines) is 1. The van der Waals surface area contributed by atoms with E-state index in [1.54, 1.807) is 42.8 Å². The van der Waals surface area contributed by atoms with Gasteiger partial charge in [0.1, 0.15) is 11.0 Å². The van der Waals surface area contributed by atoms with Gasteiger partial charge in [0.2, 0.25) is 11.9 Å². The fraction of sp³-hybridized carbons (Fsp3) is 0.519. The van der Waals surface area contributed by atoms with Gasteiger partial charge in [-0.25, -0.2) is 19.3 Å². The van der Waals surface area contributed by atoms with E-state index in [-0.39, 0.29) is 24.1 Å². The molecule has 3 aromatic rings. The smallest absolute Gasteiger partial charge is 0.278 e. The first kappa shape index (κ1) is 28.4. The van der Waals surface area contributed by atoms with E-state index >= 15 is 0 Å². The van der Waals surface area contributed by atoms with Crippen molar-refractivity contribution in [2.24, 2.45) is 0 Å². The van der Waals surface area contributed by atoms with Crippen molar-refractivity contribution in [3.8, 4) is 5.82 Å². The quantitative estimate of drug-likeness (QED) is 0.231. The number of fused-ring (bicyclic) bond motifs is 1. The van der Waals surface area contributed by atoms with Crippen LogP contribution in [-0.4, -0.2) is 86.2 Å². The summed E-state index contributed by atoms with van der Waals surface area (Å²) in [6.45, 7) is 10.4. The summed E-state index contributed by atoms with van der Waals surface area (Å²) >= 11 is 0. The second-order valence-electron chi connectivity index (χ2n) is 10.1. The first-order chi connectivity index (χ1) is 18.7. The van der Waals surface area contributed by atoms with Crippen LogP contribution in [0.25, 0.3) is 16.9 Å². The number of aliphatic hydroxyl groups is 1. The van der Waals surface area contributed by atoms with Gasteiger partial charge >= 0.3 is 0 Å². The number of hydrogen-bond donors (Lipinski definition) is 3. The fourth-order valence-electron chi connectivity index (χ4n) is 4.55. The van der Waals surface area contributed by atoms with Crippen molar-refractivity contribution in [3.63, 3.8) is 0 Å². The summed E-state index contributed by atoms with van der Waals surface area (Å²) in [5.41, 5.74) is -0.531. The van der Waals surface area contributed by atoms with Crippen LogP contribution in [0.3, 0.4) is 0 Å². The van der Waals surface area contributed by atoms with E-state index in [1.165, 1.54) is 10.9 Å². The Hall–Kier alpha value is -3.61. The molecule has 1 saturated heterocycles. The van der Waals surface area contributed by atoms with E-state index in [2.05, 4.69) is 27.2 Å². The summed E-state index contributed by atoms with van der Waals surface area (Å²) in [7, 11) is 1.86. The Morgan fingerprint density at radius 2 is 2.03 bits per heavy atom. The lowest BCUT2D eigenvalue weighted by atomic mass is 10.0. The van der Waals surface area contributed by atoms with Crippen LogP contribution < -0.4 is 16.2 Å². The maximum absolute atomic E-state index is 13.2. The van der Waals surface area contributed by atoms with Crippen LogP contribution in [0.1, 0.15) is 38.8 Å². The lowest BCUT2D eigenvalue weighted by Crippen LogP contribution is -2.42. The molecule has 12 heteroatoms. The summed E-state index contributed by atoms with van der Waals surface area (Å²) in [6, 6.07) is 5.38. The predicted octanol–water partition coefficient (Wildman–Crippen LogP) is 1.42. The molecule has 1 aliphatic heterocycles. The Labute approximate surface area is 227 Å². The summed E-state index contributed by atoms with van der Waals surface area (Å²) in [5, 5.41) is 17.2. The average molecular weight is 539 g/mol. The number of allylic oxidation sites excluding steroid dienone is 1. The number of hydrogen-bond acceptors (Lipinski definition) is 9. The molecule has 3 aromatic heterocycles. The molecule has 12 nitrogen and oxygen atoms in total. The van der Waals surface area contributed by atoms with Crippen LogP contribution in [-0.2, 0) is 21.7 Å². The summed E-state index contributed by atoms with van der Waals surface area (Å²) < 4.78 is 8.61. The van der Waals surface area contributed by atoms with Crippen molar-refractivity contribution < 1.29 is 14.6 Å². The van der Waals surface area contributed by atoms with Crippen LogP contribution in [0.5, 0.6) is 0 Å². The molecule has 0 atom stereocenters. The molecule has 4 rings (SSSR count). The van der Waals surface area contributed by atoms with Gasteiger partial charge in [-0.05, 0) is 45.9 Å². The number of carbonyl (C=O) groups excluding carboxylic acids is 1. The Balaban J connectivity index is 1.50. The second kappa shape index (κ2) is 12.5. The molecule has 0 unspecified atom stereocenters. The van der Waals surface area contributed by atoms with Gasteiger partial charge in [0.15, 0.2) is 11.5 Å². The van der Waals surface area contributed by atoms with E-state index in [0.717, 1.165) is 19.4 Å². The number of pyridine rings is 1. The highest BCUT2D eigenvalue weighted by molar-refractivity contribution is 5.77. The Morgan fingerprint density at radius 3 is 2.72 bits per heavy atom. The zero-order valence-corrected chi connectivity index (χ0v) is 22.9. The number of likely N-dealkylation sites (N-methyl/N-ethyl adjacent to an activating group) is 1. The van der Waals surface area contributed by atoms with Crippen LogP contribution in [0, 0.1) is 0 Å². The monoisotopic (exact) mass is 538 g/mol. The maximum Gasteiger partial charge on any atom is 0.278 e. The number of rotatable bonds is 12. The maximum atomic E-state index is 13.2. The van der Waals surface area contributed by atoms with Gasteiger partial charge in [-0.2, -0.15) is 4.98 Å². The Morgan fingerprint density at radius 1 is 1.26 bits per heavy atom. The van der Waals surface area contributed by atoms with Crippen LogP contribution in [0.2, 0.25) is 0 Å². The number of amides is 1. The van der Waals surface area contributed by atoms with Gasteiger partial charge < -0.3 is 25.4 Å². The normalized spacial score (nSPS) is 14.6. The second-order valence-corrected chi connectivity index (χ2v) is 10.1. The highest BCUT2D eigenvalue weighted by Gasteiger charge is 2.25. The van der Waals surface area contributed by atoms with Gasteiger partial charge in [-0.15, -0.1) is 6.58 Å². The van der Waals surface area contributed by atoms with Crippen molar-refractivity contribution in [3.05, 3.63) is 53.1 Å². The van der Waals surface area contributed by atoms with E-state index in [1.807, 2.05) is 11.9 Å². The topological polar surface area (TPSA) is 139 Å². The summed E-state index contributed by atoms with van der Waals surface area (Å²) in [4.78, 5) is 41.3. The van der Waals surface area contributed by atoms with E-state index < -0.39 is 5.60 Å². The number of piperidine rings is 1. The standard InChI is InChI=1S/C27H38N8O4/c1-5-13-34-25(37)20-18-29-26(32-24(20)35(34)22-8-6-7-21(31-22)27(2,3)38)30-19-9-14-33(15-10-19)23(36)11-16-39-17-12-28-4/h5-8,18-19,28,38H,1,9-17H2,2-4H3,(H,29,30,32). The Kier molecular flexibility index (Phi) is 9.10. The van der Waals surface area contributed by atoms with Crippen molar-refractivity contribution in [2.45, 2.75) is 51.3 Å². The molecule has 4 heterocycles. The third-order valence-corrected chi connectivity index (χ3v) is 6.69. The fourth-order valence-corrected chi connectivity index (χ4v) is 4.55. The number of nitrogens with zero attached hydrogens (tertiary/aromatic N) is 6. The molecule has 0 saturated carbocycles.